The molecular weight excluding hydrogens is 222 g/mol. The van der Waals surface area contributed by atoms with Crippen LogP contribution in [-0.4, -0.2) is 44.0 Å². The molecule has 0 aliphatic carbocycles. The molecule has 2 heterocycles. The van der Waals surface area contributed by atoms with E-state index >= 15 is 0 Å². The smallest absolute Gasteiger partial charge is 0.327 e. The number of imidazole rings is 1. The number of aromatic nitrogens is 4. The molecule has 0 saturated carbocycles. The van der Waals surface area contributed by atoms with Crippen molar-refractivity contribution >= 4 is 17.2 Å². The standard InChI is InChI=1S/C10H13N5O2/c1-4-14(3)10(17)15-7-5-11-6(2)12-8(7)13-9(15)16/h5H,4H2,1-3H3,(H,11,12,13,16). The molecule has 0 spiro atoms. The first-order valence-corrected chi connectivity index (χ1v) is 5.24. The largest absolute Gasteiger partial charge is 0.336 e. The molecule has 2 rings (SSSR count). The van der Waals surface area contributed by atoms with Crippen molar-refractivity contribution in [2.75, 3.05) is 13.6 Å². The molecule has 0 bridgehead atoms. The zero-order valence-electron chi connectivity index (χ0n) is 9.89. The average Bonchev–Trinajstić information content (AvgIpc) is 2.62. The highest BCUT2D eigenvalue weighted by molar-refractivity contribution is 5.87. The Morgan fingerprint density at radius 2 is 2.29 bits per heavy atom. The van der Waals surface area contributed by atoms with Crippen molar-refractivity contribution in [3.63, 3.8) is 0 Å². The number of carbonyl (C=O) groups is 1. The zero-order chi connectivity index (χ0) is 12.6. The molecule has 7 heteroatoms. The molecule has 90 valence electrons. The van der Waals surface area contributed by atoms with Crippen LogP contribution in [0.5, 0.6) is 0 Å². The van der Waals surface area contributed by atoms with E-state index in [1.54, 1.807) is 14.0 Å². The number of aromatic amines is 1. The third-order valence-corrected chi connectivity index (χ3v) is 2.55. The summed E-state index contributed by atoms with van der Waals surface area (Å²) in [6, 6.07) is -0.392. The molecule has 1 N–H and O–H groups in total. The molecule has 0 unspecified atom stereocenters. The van der Waals surface area contributed by atoms with E-state index in [-0.39, 0.29) is 0 Å². The Morgan fingerprint density at radius 3 is 2.94 bits per heavy atom. The molecule has 0 fully saturated rings. The predicted octanol–water partition coefficient (Wildman–Crippen LogP) is 0.348. The van der Waals surface area contributed by atoms with Crippen molar-refractivity contribution in [1.29, 1.82) is 0 Å². The summed E-state index contributed by atoms with van der Waals surface area (Å²) in [7, 11) is 1.63. The first kappa shape index (κ1) is 11.3. The SMILES string of the molecule is CCN(C)C(=O)n1c(=O)[nH]c2nc(C)ncc21. The van der Waals surface area contributed by atoms with Crippen LogP contribution in [0, 0.1) is 6.92 Å². The summed E-state index contributed by atoms with van der Waals surface area (Å²) in [6.07, 6.45) is 1.47. The van der Waals surface area contributed by atoms with Crippen LogP contribution in [0.4, 0.5) is 4.79 Å². The summed E-state index contributed by atoms with van der Waals surface area (Å²) >= 11 is 0. The van der Waals surface area contributed by atoms with Gasteiger partial charge in [0.2, 0.25) is 0 Å². The monoisotopic (exact) mass is 235 g/mol. The molecule has 0 radical (unpaired) electrons. The van der Waals surface area contributed by atoms with Gasteiger partial charge in [0.25, 0.3) is 0 Å². The highest BCUT2D eigenvalue weighted by Crippen LogP contribution is 2.06. The number of hydrogen-bond acceptors (Lipinski definition) is 4. The van der Waals surface area contributed by atoms with Gasteiger partial charge in [0.05, 0.1) is 6.20 Å². The number of H-pyrrole nitrogens is 1. The summed E-state index contributed by atoms with van der Waals surface area (Å²) in [5, 5.41) is 0. The number of nitrogens with zero attached hydrogens (tertiary/aromatic N) is 4. The minimum atomic E-state index is -0.495. The molecule has 2 aromatic heterocycles. The Labute approximate surface area is 97.1 Å². The number of nitrogens with one attached hydrogen (secondary N) is 1. The Bertz CT molecular complexity index is 627. The number of amides is 1. The minimum absolute atomic E-state index is 0.375. The van der Waals surface area contributed by atoms with Gasteiger partial charge in [0.1, 0.15) is 11.3 Å². The van der Waals surface area contributed by atoms with Crippen molar-refractivity contribution < 1.29 is 4.79 Å². The zero-order valence-corrected chi connectivity index (χ0v) is 9.89. The van der Waals surface area contributed by atoms with Gasteiger partial charge >= 0.3 is 11.7 Å². The number of rotatable bonds is 1. The maximum absolute atomic E-state index is 12.0. The summed E-state index contributed by atoms with van der Waals surface area (Å²) in [4.78, 5) is 35.7. The summed E-state index contributed by atoms with van der Waals surface area (Å²) in [5.41, 5.74) is 0.274. The lowest BCUT2D eigenvalue weighted by Crippen LogP contribution is -2.36. The Morgan fingerprint density at radius 1 is 1.59 bits per heavy atom. The van der Waals surface area contributed by atoms with E-state index in [0.717, 1.165) is 4.57 Å². The topological polar surface area (TPSA) is 83.9 Å². The molecule has 0 saturated heterocycles. The molecule has 2 aromatic rings. The Hall–Kier alpha value is -2.18. The van der Waals surface area contributed by atoms with Crippen molar-refractivity contribution in [3.8, 4) is 0 Å². The van der Waals surface area contributed by atoms with Crippen LogP contribution in [0.25, 0.3) is 11.2 Å². The van der Waals surface area contributed by atoms with Crippen molar-refractivity contribution in [2.24, 2.45) is 0 Å². The number of hydrogen-bond donors (Lipinski definition) is 1. The van der Waals surface area contributed by atoms with Gasteiger partial charge in [-0.1, -0.05) is 0 Å². The van der Waals surface area contributed by atoms with E-state index in [1.165, 1.54) is 11.1 Å². The van der Waals surface area contributed by atoms with Crippen LogP contribution >= 0.6 is 0 Å². The number of fused-ring (bicyclic) bond motifs is 1. The Kier molecular flexibility index (Phi) is 2.66. The molecule has 7 nitrogen and oxygen atoms in total. The predicted molar refractivity (Wildman–Crippen MR) is 62.0 cm³/mol. The molecule has 0 aliphatic heterocycles. The van der Waals surface area contributed by atoms with Crippen LogP contribution in [0.3, 0.4) is 0 Å². The fourth-order valence-electron chi connectivity index (χ4n) is 1.48. The molecule has 0 aromatic carbocycles. The van der Waals surface area contributed by atoms with Crippen molar-refractivity contribution in [3.05, 3.63) is 22.5 Å². The fourth-order valence-corrected chi connectivity index (χ4v) is 1.48. The first-order chi connectivity index (χ1) is 8.04. The van der Waals surface area contributed by atoms with E-state index in [9.17, 15) is 9.59 Å². The lowest BCUT2D eigenvalue weighted by Gasteiger charge is -2.13. The van der Waals surface area contributed by atoms with Crippen molar-refractivity contribution in [2.45, 2.75) is 13.8 Å². The second-order valence-corrected chi connectivity index (χ2v) is 3.71. The van der Waals surface area contributed by atoms with Crippen molar-refractivity contribution in [1.82, 2.24) is 24.4 Å². The lowest BCUT2D eigenvalue weighted by molar-refractivity contribution is 0.213. The van der Waals surface area contributed by atoms with Gasteiger partial charge in [0.15, 0.2) is 5.65 Å². The van der Waals surface area contributed by atoms with Crippen LogP contribution in [0.2, 0.25) is 0 Å². The van der Waals surface area contributed by atoms with Gasteiger partial charge in [-0.25, -0.2) is 24.1 Å². The van der Waals surface area contributed by atoms with Crippen LogP contribution in [0.1, 0.15) is 12.7 Å². The molecule has 1 amide bonds. The van der Waals surface area contributed by atoms with E-state index in [1.807, 2.05) is 6.92 Å². The number of aryl methyl sites for hydroxylation is 1. The van der Waals surface area contributed by atoms with Gasteiger partial charge in [0, 0.05) is 13.6 Å². The first-order valence-electron chi connectivity index (χ1n) is 5.24. The van der Waals surface area contributed by atoms with Gasteiger partial charge in [-0.05, 0) is 13.8 Å². The number of carbonyl (C=O) groups excluding carboxylic acids is 1. The quantitative estimate of drug-likeness (QED) is 0.772. The normalized spacial score (nSPS) is 10.8. The molecule has 0 atom stereocenters. The molecule has 17 heavy (non-hydrogen) atoms. The lowest BCUT2D eigenvalue weighted by atomic mass is 10.5. The van der Waals surface area contributed by atoms with E-state index < -0.39 is 11.7 Å². The second-order valence-electron chi connectivity index (χ2n) is 3.71. The van der Waals surface area contributed by atoms with Gasteiger partial charge in [-0.15, -0.1) is 0 Å². The summed E-state index contributed by atoms with van der Waals surface area (Å²) in [6.45, 7) is 4.07. The summed E-state index contributed by atoms with van der Waals surface area (Å²) in [5.74, 6) is 0.544. The molecular formula is C10H13N5O2. The van der Waals surface area contributed by atoms with Crippen LogP contribution in [0.15, 0.2) is 11.0 Å². The maximum atomic E-state index is 12.0. The van der Waals surface area contributed by atoms with Gasteiger partial charge in [-0.2, -0.15) is 0 Å². The minimum Gasteiger partial charge on any atom is -0.327 e. The average molecular weight is 235 g/mol. The fraction of sp³-hybridized carbons (Fsp3) is 0.400. The van der Waals surface area contributed by atoms with E-state index in [2.05, 4.69) is 15.0 Å². The van der Waals surface area contributed by atoms with E-state index in [0.29, 0.717) is 23.5 Å². The van der Waals surface area contributed by atoms with Crippen LogP contribution < -0.4 is 5.69 Å². The highest BCUT2D eigenvalue weighted by atomic mass is 16.2. The van der Waals surface area contributed by atoms with Crippen LogP contribution in [-0.2, 0) is 0 Å². The third-order valence-electron chi connectivity index (χ3n) is 2.55. The van der Waals surface area contributed by atoms with Gasteiger partial charge in [-0.3, -0.25) is 4.98 Å². The third kappa shape index (κ3) is 1.79. The second kappa shape index (κ2) is 4.00. The highest BCUT2D eigenvalue weighted by Gasteiger charge is 2.17. The van der Waals surface area contributed by atoms with Gasteiger partial charge < -0.3 is 4.90 Å². The van der Waals surface area contributed by atoms with E-state index in [4.69, 9.17) is 0 Å². The molecule has 0 aliphatic rings. The summed E-state index contributed by atoms with van der Waals surface area (Å²) < 4.78 is 1.04. The maximum Gasteiger partial charge on any atom is 0.336 e. The Balaban J connectivity index is 2.65.